The summed E-state index contributed by atoms with van der Waals surface area (Å²) in [7, 11) is 3.39. The van der Waals surface area contributed by atoms with E-state index in [1.165, 1.54) is 24.3 Å². The second-order valence-corrected chi connectivity index (χ2v) is 8.20. The Morgan fingerprint density at radius 1 is 1.14 bits per heavy atom. The maximum absolute atomic E-state index is 12.2. The normalized spacial score (nSPS) is 15.7. The second kappa shape index (κ2) is 11.0. The third-order valence-electron chi connectivity index (χ3n) is 5.04. The Labute approximate surface area is 174 Å². The molecule has 7 nitrogen and oxygen atoms in total. The summed E-state index contributed by atoms with van der Waals surface area (Å²) in [6.07, 6.45) is 5.89. The maximum Gasteiger partial charge on any atom is 0.409 e. The lowest BCUT2D eigenvalue weighted by Gasteiger charge is -2.24. The first-order chi connectivity index (χ1) is 13.8. The average molecular weight is 405 g/mol. The van der Waals surface area contributed by atoms with E-state index in [0.717, 1.165) is 24.2 Å². The van der Waals surface area contributed by atoms with Gasteiger partial charge in [0.15, 0.2) is 0 Å². The van der Waals surface area contributed by atoms with E-state index in [2.05, 4.69) is 0 Å². The van der Waals surface area contributed by atoms with Crippen molar-refractivity contribution in [2.24, 2.45) is 17.5 Å². The van der Waals surface area contributed by atoms with Crippen molar-refractivity contribution in [1.82, 2.24) is 9.91 Å². The molecule has 2 rings (SSSR count). The van der Waals surface area contributed by atoms with Crippen LogP contribution < -0.4 is 16.3 Å². The number of hydrazine groups is 1. The minimum absolute atomic E-state index is 0.000424. The summed E-state index contributed by atoms with van der Waals surface area (Å²) in [4.78, 5) is 13.7. The molecule has 0 saturated heterocycles. The molecular formula is C22H36N4O3. The van der Waals surface area contributed by atoms with Gasteiger partial charge in [0.25, 0.3) is 0 Å². The Hall–Kier alpha value is -2.41. The first-order valence-electron chi connectivity index (χ1n) is 10.4. The van der Waals surface area contributed by atoms with Crippen molar-refractivity contribution in [3.8, 4) is 5.75 Å². The molecule has 1 fully saturated rings. The predicted octanol–water partition coefficient (Wildman–Crippen LogP) is 3.56. The van der Waals surface area contributed by atoms with Crippen LogP contribution >= 0.6 is 0 Å². The molecule has 0 heterocycles. The highest BCUT2D eigenvalue weighted by Crippen LogP contribution is 2.25. The molecule has 1 amide bonds. The van der Waals surface area contributed by atoms with E-state index >= 15 is 0 Å². The smallest absolute Gasteiger partial charge is 0.409 e. The van der Waals surface area contributed by atoms with Gasteiger partial charge in [-0.3, -0.25) is 0 Å². The zero-order valence-electron chi connectivity index (χ0n) is 18.2. The SMILES string of the molecule is CC(C)CN(C)C(=O)OC/C(=C(/N)c1ccc(OC2CCCCC2)cc1)N(C)N. The van der Waals surface area contributed by atoms with Crippen LogP contribution in [0.4, 0.5) is 4.79 Å². The lowest BCUT2D eigenvalue weighted by Crippen LogP contribution is -2.35. The molecule has 0 bridgehead atoms. The van der Waals surface area contributed by atoms with Gasteiger partial charge in [0, 0.05) is 20.6 Å². The summed E-state index contributed by atoms with van der Waals surface area (Å²) in [5.74, 6) is 7.14. The van der Waals surface area contributed by atoms with E-state index < -0.39 is 6.09 Å². The number of carbonyl (C=O) groups is 1. The fourth-order valence-electron chi connectivity index (χ4n) is 3.49. The molecule has 1 aromatic carbocycles. The molecule has 29 heavy (non-hydrogen) atoms. The standard InChI is InChI=1S/C22H36N4O3/c1-16(2)14-25(3)22(27)28-15-20(26(4)24)21(23)17-10-12-19(13-11-17)29-18-8-6-5-7-9-18/h10-13,16,18H,5-9,14-15,23-24H2,1-4H3/b21-20-. The second-order valence-electron chi connectivity index (χ2n) is 8.20. The fraction of sp³-hybridized carbons (Fsp3) is 0.591. The zero-order valence-corrected chi connectivity index (χ0v) is 18.2. The fourth-order valence-corrected chi connectivity index (χ4v) is 3.49. The molecule has 1 aromatic rings. The molecule has 162 valence electrons. The molecule has 0 radical (unpaired) electrons. The quantitative estimate of drug-likeness (QED) is 0.508. The van der Waals surface area contributed by atoms with Gasteiger partial charge in [0.05, 0.1) is 17.5 Å². The van der Waals surface area contributed by atoms with Crippen LogP contribution in [0.3, 0.4) is 0 Å². The highest BCUT2D eigenvalue weighted by molar-refractivity contribution is 5.69. The minimum Gasteiger partial charge on any atom is -0.490 e. The number of hydrogen-bond donors (Lipinski definition) is 2. The molecule has 0 unspecified atom stereocenters. The molecule has 0 atom stereocenters. The molecule has 0 aliphatic heterocycles. The summed E-state index contributed by atoms with van der Waals surface area (Å²) < 4.78 is 11.5. The molecule has 0 spiro atoms. The number of benzene rings is 1. The van der Waals surface area contributed by atoms with Crippen molar-refractivity contribution in [2.75, 3.05) is 27.2 Å². The van der Waals surface area contributed by atoms with Crippen molar-refractivity contribution >= 4 is 11.8 Å². The van der Waals surface area contributed by atoms with E-state index in [9.17, 15) is 4.79 Å². The van der Waals surface area contributed by atoms with Crippen LogP contribution in [-0.4, -0.2) is 49.4 Å². The zero-order chi connectivity index (χ0) is 21.4. The van der Waals surface area contributed by atoms with Crippen LogP contribution in [0, 0.1) is 5.92 Å². The number of likely N-dealkylation sites (N-methyl/N-ethyl adjacent to an activating group) is 1. The number of ether oxygens (including phenoxy) is 2. The van der Waals surface area contributed by atoms with Crippen molar-refractivity contribution < 1.29 is 14.3 Å². The maximum atomic E-state index is 12.2. The number of nitrogens with two attached hydrogens (primary N) is 2. The van der Waals surface area contributed by atoms with Gasteiger partial charge < -0.3 is 25.1 Å². The first kappa shape index (κ1) is 22.9. The highest BCUT2D eigenvalue weighted by Gasteiger charge is 2.17. The van der Waals surface area contributed by atoms with E-state index in [0.29, 0.717) is 30.0 Å². The Morgan fingerprint density at radius 2 is 1.76 bits per heavy atom. The molecule has 4 N–H and O–H groups in total. The molecule has 1 aliphatic rings. The highest BCUT2D eigenvalue weighted by atomic mass is 16.6. The van der Waals surface area contributed by atoms with Crippen molar-refractivity contribution in [3.05, 3.63) is 35.5 Å². The Morgan fingerprint density at radius 3 is 2.31 bits per heavy atom. The molecular weight excluding hydrogens is 368 g/mol. The van der Waals surface area contributed by atoms with Crippen LogP contribution in [0.1, 0.15) is 51.5 Å². The van der Waals surface area contributed by atoms with Crippen molar-refractivity contribution in [1.29, 1.82) is 0 Å². The van der Waals surface area contributed by atoms with Crippen LogP contribution in [0.5, 0.6) is 5.75 Å². The molecule has 7 heteroatoms. The number of nitrogens with zero attached hydrogens (tertiary/aromatic N) is 2. The predicted molar refractivity (Wildman–Crippen MR) is 116 cm³/mol. The van der Waals surface area contributed by atoms with Crippen molar-refractivity contribution in [2.45, 2.75) is 52.1 Å². The van der Waals surface area contributed by atoms with Gasteiger partial charge in [-0.2, -0.15) is 0 Å². The van der Waals surface area contributed by atoms with Gasteiger partial charge in [-0.25, -0.2) is 10.6 Å². The van der Waals surface area contributed by atoms with Gasteiger partial charge >= 0.3 is 6.09 Å². The summed E-state index contributed by atoms with van der Waals surface area (Å²) >= 11 is 0. The largest absolute Gasteiger partial charge is 0.490 e. The number of hydrogen-bond acceptors (Lipinski definition) is 6. The number of amides is 1. The molecule has 1 aliphatic carbocycles. The lowest BCUT2D eigenvalue weighted by atomic mass is 9.98. The molecule has 0 aromatic heterocycles. The van der Waals surface area contributed by atoms with E-state index in [1.54, 1.807) is 19.0 Å². The third-order valence-corrected chi connectivity index (χ3v) is 5.04. The summed E-state index contributed by atoms with van der Waals surface area (Å²) in [5, 5.41) is 1.39. The summed E-state index contributed by atoms with van der Waals surface area (Å²) in [5.41, 5.74) is 8.15. The van der Waals surface area contributed by atoms with E-state index in [-0.39, 0.29) is 6.61 Å². The number of rotatable bonds is 8. The van der Waals surface area contributed by atoms with E-state index in [4.69, 9.17) is 21.1 Å². The van der Waals surface area contributed by atoms with Gasteiger partial charge in [0.1, 0.15) is 12.4 Å². The van der Waals surface area contributed by atoms with Crippen LogP contribution in [0.25, 0.3) is 5.70 Å². The Kier molecular flexibility index (Phi) is 8.64. The van der Waals surface area contributed by atoms with Gasteiger partial charge in [0.2, 0.25) is 0 Å². The first-order valence-corrected chi connectivity index (χ1v) is 10.4. The number of carbonyl (C=O) groups excluding carboxylic acids is 1. The van der Waals surface area contributed by atoms with Gasteiger partial charge in [-0.15, -0.1) is 0 Å². The summed E-state index contributed by atoms with van der Waals surface area (Å²) in [6.45, 7) is 4.71. The van der Waals surface area contributed by atoms with Gasteiger partial charge in [-0.05, 0) is 61.4 Å². The van der Waals surface area contributed by atoms with Crippen LogP contribution in [0.2, 0.25) is 0 Å². The summed E-state index contributed by atoms with van der Waals surface area (Å²) in [6, 6.07) is 7.66. The third kappa shape index (κ3) is 7.16. The van der Waals surface area contributed by atoms with Crippen LogP contribution in [-0.2, 0) is 4.74 Å². The van der Waals surface area contributed by atoms with E-state index in [1.807, 2.05) is 38.1 Å². The van der Waals surface area contributed by atoms with Crippen LogP contribution in [0.15, 0.2) is 30.0 Å². The Bertz CT molecular complexity index is 680. The average Bonchev–Trinajstić information content (AvgIpc) is 2.68. The van der Waals surface area contributed by atoms with Gasteiger partial charge in [-0.1, -0.05) is 20.3 Å². The molecule has 1 saturated carbocycles. The Balaban J connectivity index is 2.03. The monoisotopic (exact) mass is 404 g/mol. The minimum atomic E-state index is -0.401. The lowest BCUT2D eigenvalue weighted by molar-refractivity contribution is 0.109. The topological polar surface area (TPSA) is 94.0 Å². The van der Waals surface area contributed by atoms with Crippen molar-refractivity contribution in [3.63, 3.8) is 0 Å².